The Bertz CT molecular complexity index is 201. The van der Waals surface area contributed by atoms with Crippen LogP contribution in [0.3, 0.4) is 0 Å². The van der Waals surface area contributed by atoms with Gasteiger partial charge in [-0.25, -0.2) is 9.18 Å². The van der Waals surface area contributed by atoms with E-state index >= 15 is 0 Å². The van der Waals surface area contributed by atoms with Gasteiger partial charge >= 0.3 is 6.03 Å². The third kappa shape index (κ3) is 1.06. The molecule has 0 aliphatic carbocycles. The minimum absolute atomic E-state index is 0.568. The molecule has 4 N–H and O–H groups in total. The lowest BCUT2D eigenvalue weighted by Gasteiger charge is -2.23. The zero-order valence-electron chi connectivity index (χ0n) is 4.82. The Balaban J connectivity index is 2.86. The summed E-state index contributed by atoms with van der Waals surface area (Å²) in [5.74, 6) is -4.12. The van der Waals surface area contributed by atoms with Gasteiger partial charge in [-0.1, -0.05) is 0 Å². The van der Waals surface area contributed by atoms with Gasteiger partial charge in [0, 0.05) is 6.20 Å². The van der Waals surface area contributed by atoms with Crippen molar-refractivity contribution in [2.75, 3.05) is 0 Å². The first-order valence-corrected chi connectivity index (χ1v) is 2.45. The van der Waals surface area contributed by atoms with E-state index in [1.807, 2.05) is 5.32 Å². The predicted octanol–water partition coefficient (Wildman–Crippen LogP) is -0.308. The normalized spacial score (nSPS) is 32.3. The third-order valence-electron chi connectivity index (χ3n) is 0.973. The van der Waals surface area contributed by atoms with Crippen molar-refractivity contribution in [1.29, 1.82) is 0 Å². The summed E-state index contributed by atoms with van der Waals surface area (Å²) in [4.78, 5) is 10.3. The summed E-state index contributed by atoms with van der Waals surface area (Å²) >= 11 is 0. The number of nitrogens with two attached hydrogens (primary N) is 1. The Morgan fingerprint density at radius 1 is 1.70 bits per heavy atom. The highest BCUT2D eigenvalue weighted by atomic mass is 19.2. The van der Waals surface area contributed by atoms with Crippen molar-refractivity contribution in [3.63, 3.8) is 0 Å². The fourth-order valence-corrected chi connectivity index (χ4v) is 0.495. The van der Waals surface area contributed by atoms with Crippen molar-refractivity contribution in [3.8, 4) is 0 Å². The van der Waals surface area contributed by atoms with Gasteiger partial charge in [0.25, 0.3) is 5.92 Å². The van der Waals surface area contributed by atoms with Crippen LogP contribution in [-0.4, -0.2) is 11.9 Å². The van der Waals surface area contributed by atoms with Crippen LogP contribution in [0, 0.1) is 0 Å². The minimum Gasteiger partial charge on any atom is -0.312 e. The van der Waals surface area contributed by atoms with Crippen molar-refractivity contribution in [1.82, 2.24) is 10.6 Å². The predicted molar refractivity (Wildman–Crippen MR) is 28.9 cm³/mol. The molecule has 0 bridgehead atoms. The summed E-state index contributed by atoms with van der Waals surface area (Å²) in [5, 5.41) is 3.40. The van der Waals surface area contributed by atoms with Gasteiger partial charge in [-0.05, 0) is 0 Å². The van der Waals surface area contributed by atoms with E-state index in [1.54, 1.807) is 0 Å². The maximum Gasteiger partial charge on any atom is 0.322 e. The SMILES string of the molecule is NC1(F)NC(=O)NC=C1F. The highest BCUT2D eigenvalue weighted by molar-refractivity contribution is 5.77. The van der Waals surface area contributed by atoms with Gasteiger partial charge in [-0.15, -0.1) is 0 Å². The molecule has 0 fully saturated rings. The molecule has 1 heterocycles. The molecule has 0 aromatic rings. The number of hydrogen-bond donors (Lipinski definition) is 3. The molecule has 1 atom stereocenters. The molecule has 56 valence electrons. The van der Waals surface area contributed by atoms with Crippen molar-refractivity contribution in [3.05, 3.63) is 12.0 Å². The highest BCUT2D eigenvalue weighted by Gasteiger charge is 2.35. The van der Waals surface area contributed by atoms with Crippen LogP contribution < -0.4 is 16.4 Å². The van der Waals surface area contributed by atoms with Gasteiger partial charge in [0.2, 0.25) is 0 Å². The summed E-state index contributed by atoms with van der Waals surface area (Å²) in [6, 6.07) is -0.869. The maximum absolute atomic E-state index is 12.5. The van der Waals surface area contributed by atoms with Crippen molar-refractivity contribution >= 4 is 6.03 Å². The molecule has 1 aliphatic heterocycles. The fourth-order valence-electron chi connectivity index (χ4n) is 0.495. The molecule has 0 saturated carbocycles. The Morgan fingerprint density at radius 3 is 2.70 bits per heavy atom. The Labute approximate surface area is 55.1 Å². The Hall–Kier alpha value is -1.17. The first kappa shape index (κ1) is 6.94. The van der Waals surface area contributed by atoms with E-state index in [4.69, 9.17) is 0 Å². The highest BCUT2D eigenvalue weighted by Crippen LogP contribution is 2.14. The molecule has 0 spiro atoms. The molecular weight excluding hydrogens is 144 g/mol. The number of halogens is 2. The molecule has 0 radical (unpaired) electrons. The molecular formula is C4H5F2N3O. The fraction of sp³-hybridized carbons (Fsp3) is 0.250. The Morgan fingerprint density at radius 2 is 2.30 bits per heavy atom. The van der Waals surface area contributed by atoms with Gasteiger partial charge in [-0.3, -0.25) is 11.1 Å². The topological polar surface area (TPSA) is 67.1 Å². The van der Waals surface area contributed by atoms with E-state index < -0.39 is 17.8 Å². The average molecular weight is 149 g/mol. The summed E-state index contributed by atoms with van der Waals surface area (Å²) in [5.41, 5.74) is 4.63. The van der Waals surface area contributed by atoms with Crippen LogP contribution in [0.15, 0.2) is 12.0 Å². The minimum atomic E-state index is -2.86. The van der Waals surface area contributed by atoms with Gasteiger partial charge in [0.05, 0.1) is 0 Å². The summed E-state index contributed by atoms with van der Waals surface area (Å²) in [7, 11) is 0. The summed E-state index contributed by atoms with van der Waals surface area (Å²) in [6.07, 6.45) is 0.568. The second-order valence-corrected chi connectivity index (χ2v) is 1.80. The van der Waals surface area contributed by atoms with Gasteiger partial charge in [0.1, 0.15) is 0 Å². The van der Waals surface area contributed by atoms with Crippen LogP contribution in [0.4, 0.5) is 13.6 Å². The molecule has 1 unspecified atom stereocenters. The van der Waals surface area contributed by atoms with E-state index in [2.05, 4.69) is 5.73 Å². The lowest BCUT2D eigenvalue weighted by molar-refractivity contribution is 0.133. The van der Waals surface area contributed by atoms with Crippen LogP contribution in [0.1, 0.15) is 0 Å². The first-order chi connectivity index (χ1) is 4.52. The lowest BCUT2D eigenvalue weighted by atomic mass is 10.3. The second-order valence-electron chi connectivity index (χ2n) is 1.80. The molecule has 6 heteroatoms. The van der Waals surface area contributed by atoms with Crippen LogP contribution in [0.25, 0.3) is 0 Å². The molecule has 0 aromatic heterocycles. The first-order valence-electron chi connectivity index (χ1n) is 2.45. The molecule has 0 aromatic carbocycles. The molecule has 2 amide bonds. The second kappa shape index (κ2) is 1.91. The number of carbonyl (C=O) groups is 1. The van der Waals surface area contributed by atoms with E-state index in [0.717, 1.165) is 0 Å². The number of rotatable bonds is 0. The third-order valence-corrected chi connectivity index (χ3v) is 0.973. The van der Waals surface area contributed by atoms with Gasteiger partial charge in [-0.2, -0.15) is 4.39 Å². The van der Waals surface area contributed by atoms with Crippen LogP contribution in [0.2, 0.25) is 0 Å². The molecule has 4 nitrogen and oxygen atoms in total. The average Bonchev–Trinajstić information content (AvgIpc) is 1.78. The van der Waals surface area contributed by atoms with E-state index in [0.29, 0.717) is 6.20 Å². The maximum atomic E-state index is 12.5. The smallest absolute Gasteiger partial charge is 0.312 e. The molecule has 1 rings (SSSR count). The quantitative estimate of drug-likeness (QED) is 0.413. The van der Waals surface area contributed by atoms with E-state index in [-0.39, 0.29) is 0 Å². The number of amides is 2. The zero-order chi connectivity index (χ0) is 7.78. The number of hydrogen-bond acceptors (Lipinski definition) is 2. The summed E-state index contributed by atoms with van der Waals surface area (Å²) in [6.45, 7) is 0. The van der Waals surface area contributed by atoms with Gasteiger partial charge < -0.3 is 5.32 Å². The van der Waals surface area contributed by atoms with Crippen LogP contribution in [0.5, 0.6) is 0 Å². The van der Waals surface area contributed by atoms with E-state index in [1.165, 1.54) is 5.32 Å². The lowest BCUT2D eigenvalue weighted by Crippen LogP contribution is -2.58. The number of nitrogens with one attached hydrogen (secondary N) is 2. The molecule has 10 heavy (non-hydrogen) atoms. The van der Waals surface area contributed by atoms with Crippen LogP contribution in [-0.2, 0) is 0 Å². The van der Waals surface area contributed by atoms with Crippen molar-refractivity contribution in [2.24, 2.45) is 5.73 Å². The van der Waals surface area contributed by atoms with Crippen molar-refractivity contribution < 1.29 is 13.6 Å². The van der Waals surface area contributed by atoms with Crippen LogP contribution >= 0.6 is 0 Å². The molecule has 0 saturated heterocycles. The number of alkyl halides is 1. The van der Waals surface area contributed by atoms with Crippen molar-refractivity contribution in [2.45, 2.75) is 5.92 Å². The molecule has 1 aliphatic rings. The monoisotopic (exact) mass is 149 g/mol. The van der Waals surface area contributed by atoms with E-state index in [9.17, 15) is 13.6 Å². The standard InChI is InChI=1S/C4H5F2N3O/c5-2-1-8-3(10)9-4(2,6)7/h1H,7H2,(H2,8,9,10). The number of carbonyl (C=O) groups excluding carboxylic acids is 1. The summed E-state index contributed by atoms with van der Waals surface area (Å²) < 4.78 is 24.7. The van der Waals surface area contributed by atoms with Gasteiger partial charge in [0.15, 0.2) is 5.83 Å². The number of urea groups is 1. The zero-order valence-corrected chi connectivity index (χ0v) is 4.82. The Kier molecular flexibility index (Phi) is 1.33. The largest absolute Gasteiger partial charge is 0.322 e.